The molecule has 0 saturated heterocycles. The predicted octanol–water partition coefficient (Wildman–Crippen LogP) is 5.93. The van der Waals surface area contributed by atoms with Crippen molar-refractivity contribution in [1.82, 2.24) is 9.97 Å². The monoisotopic (exact) mass is 454 g/mol. The van der Waals surface area contributed by atoms with Gasteiger partial charge in [0.25, 0.3) is 5.88 Å². The smallest absolute Gasteiger partial charge is 0.358 e. The Hall–Kier alpha value is -3.93. The van der Waals surface area contributed by atoms with E-state index in [1.54, 1.807) is 0 Å². The molecule has 34 heavy (non-hydrogen) atoms. The highest BCUT2D eigenvalue weighted by atomic mass is 16.5. The summed E-state index contributed by atoms with van der Waals surface area (Å²) < 4.78 is 5.68. The molecular formula is C28H26N2O4. The Morgan fingerprint density at radius 3 is 2.38 bits per heavy atom. The van der Waals surface area contributed by atoms with Gasteiger partial charge in [-0.2, -0.15) is 4.98 Å². The maximum Gasteiger partial charge on any atom is 0.358 e. The van der Waals surface area contributed by atoms with Gasteiger partial charge in [0.05, 0.1) is 0 Å². The number of rotatable bonds is 7. The Labute approximate surface area is 197 Å². The zero-order valence-electron chi connectivity index (χ0n) is 18.7. The van der Waals surface area contributed by atoms with Gasteiger partial charge in [-0.05, 0) is 40.7 Å². The molecule has 1 saturated carbocycles. The maximum atomic E-state index is 12.1. The molecule has 2 N–H and O–H groups in total. The summed E-state index contributed by atoms with van der Waals surface area (Å²) in [6.45, 7) is 0.105. The molecule has 172 valence electrons. The third-order valence-electron chi connectivity index (χ3n) is 6.58. The van der Waals surface area contributed by atoms with Crippen LogP contribution in [0.4, 0.5) is 0 Å². The second-order valence-electron chi connectivity index (χ2n) is 8.79. The molecule has 5 rings (SSSR count). The summed E-state index contributed by atoms with van der Waals surface area (Å²) in [6.07, 6.45) is 4.25. The van der Waals surface area contributed by atoms with Gasteiger partial charge in [-0.1, -0.05) is 85.6 Å². The Bertz CT molecular complexity index is 1320. The number of aromatic carboxylic acids is 1. The summed E-state index contributed by atoms with van der Waals surface area (Å²) in [5.41, 5.74) is 1.56. The quantitative estimate of drug-likeness (QED) is 0.359. The number of aromatic nitrogens is 2. The largest absolute Gasteiger partial charge is 0.491 e. The lowest BCUT2D eigenvalue weighted by molar-refractivity contribution is 0.0682. The van der Waals surface area contributed by atoms with E-state index in [9.17, 15) is 15.0 Å². The van der Waals surface area contributed by atoms with E-state index in [1.165, 1.54) is 0 Å². The van der Waals surface area contributed by atoms with E-state index in [2.05, 4.69) is 40.3 Å². The fraction of sp³-hybridized carbons (Fsp3) is 0.250. The van der Waals surface area contributed by atoms with Crippen molar-refractivity contribution in [3.63, 3.8) is 0 Å². The van der Waals surface area contributed by atoms with Crippen LogP contribution in [0.25, 0.3) is 10.8 Å². The fourth-order valence-electron chi connectivity index (χ4n) is 4.93. The summed E-state index contributed by atoms with van der Waals surface area (Å²) in [4.78, 5) is 20.9. The van der Waals surface area contributed by atoms with Crippen LogP contribution in [0.15, 0.2) is 72.8 Å². The van der Waals surface area contributed by atoms with E-state index in [-0.39, 0.29) is 29.9 Å². The number of carbonyl (C=O) groups is 1. The lowest BCUT2D eigenvalue weighted by atomic mass is 9.83. The molecule has 0 spiro atoms. The maximum absolute atomic E-state index is 12.1. The summed E-state index contributed by atoms with van der Waals surface area (Å²) in [5, 5.41) is 22.9. The van der Waals surface area contributed by atoms with Gasteiger partial charge in [-0.15, -0.1) is 0 Å². The van der Waals surface area contributed by atoms with Crippen molar-refractivity contribution in [2.75, 3.05) is 0 Å². The number of aromatic hydroxyl groups is 1. The van der Waals surface area contributed by atoms with Crippen molar-refractivity contribution in [3.05, 3.63) is 95.4 Å². The van der Waals surface area contributed by atoms with Crippen LogP contribution in [0, 0.1) is 5.92 Å². The van der Waals surface area contributed by atoms with Gasteiger partial charge in [-0.25, -0.2) is 9.78 Å². The van der Waals surface area contributed by atoms with E-state index < -0.39 is 11.8 Å². The summed E-state index contributed by atoms with van der Waals surface area (Å²) in [5.74, 6) is -1.52. The lowest BCUT2D eigenvalue weighted by Gasteiger charge is -2.24. The topological polar surface area (TPSA) is 92.5 Å². The van der Waals surface area contributed by atoms with E-state index >= 15 is 0 Å². The van der Waals surface area contributed by atoms with Crippen molar-refractivity contribution in [2.45, 2.75) is 38.2 Å². The highest BCUT2D eigenvalue weighted by molar-refractivity contribution is 5.89. The molecule has 0 amide bonds. The summed E-state index contributed by atoms with van der Waals surface area (Å²) in [6, 6.07) is 23.7. The Morgan fingerprint density at radius 1 is 0.941 bits per heavy atom. The van der Waals surface area contributed by atoms with Gasteiger partial charge >= 0.3 is 5.97 Å². The molecule has 1 fully saturated rings. The van der Waals surface area contributed by atoms with E-state index in [4.69, 9.17) is 4.74 Å². The molecule has 1 aliphatic carbocycles. The molecule has 1 heterocycles. The molecule has 1 aromatic heterocycles. The van der Waals surface area contributed by atoms with Crippen molar-refractivity contribution in [1.29, 1.82) is 0 Å². The second kappa shape index (κ2) is 9.51. The average molecular weight is 455 g/mol. The third kappa shape index (κ3) is 4.44. The number of carboxylic acid groups (broad SMARTS) is 1. The number of hydrogen-bond donors (Lipinski definition) is 2. The van der Waals surface area contributed by atoms with Crippen LogP contribution in [0.1, 0.15) is 59.0 Å². The van der Waals surface area contributed by atoms with Crippen LogP contribution >= 0.6 is 0 Å². The third-order valence-corrected chi connectivity index (χ3v) is 6.58. The molecule has 0 aliphatic heterocycles. The Morgan fingerprint density at radius 2 is 1.65 bits per heavy atom. The molecule has 1 unspecified atom stereocenters. The number of nitrogens with zero attached hydrogens (tertiary/aromatic N) is 2. The molecule has 6 heteroatoms. The second-order valence-corrected chi connectivity index (χ2v) is 8.79. The van der Waals surface area contributed by atoms with Gasteiger partial charge in [0.2, 0.25) is 5.75 Å². The number of hydrogen-bond acceptors (Lipinski definition) is 5. The van der Waals surface area contributed by atoms with Crippen LogP contribution in [-0.2, 0) is 6.61 Å². The average Bonchev–Trinajstić information content (AvgIpc) is 3.38. The van der Waals surface area contributed by atoms with Crippen molar-refractivity contribution in [2.24, 2.45) is 5.92 Å². The highest BCUT2D eigenvalue weighted by Crippen LogP contribution is 2.42. The number of ether oxygens (including phenoxy) is 1. The van der Waals surface area contributed by atoms with E-state index in [0.717, 1.165) is 47.6 Å². The van der Waals surface area contributed by atoms with E-state index in [0.29, 0.717) is 5.82 Å². The van der Waals surface area contributed by atoms with Gasteiger partial charge in [0.1, 0.15) is 12.4 Å². The summed E-state index contributed by atoms with van der Waals surface area (Å²) >= 11 is 0. The molecule has 0 bridgehead atoms. The molecule has 6 nitrogen and oxygen atoms in total. The first kappa shape index (κ1) is 21.9. The van der Waals surface area contributed by atoms with Crippen LogP contribution in [0.5, 0.6) is 11.6 Å². The molecule has 4 aromatic rings. The van der Waals surface area contributed by atoms with Gasteiger partial charge in [0.15, 0.2) is 5.69 Å². The van der Waals surface area contributed by atoms with Crippen molar-refractivity contribution in [3.8, 4) is 11.6 Å². The Balaban J connectivity index is 1.56. The van der Waals surface area contributed by atoms with E-state index in [1.807, 2.05) is 42.5 Å². The summed E-state index contributed by atoms with van der Waals surface area (Å²) in [7, 11) is 0. The predicted molar refractivity (Wildman–Crippen MR) is 129 cm³/mol. The normalized spacial score (nSPS) is 14.8. The molecule has 0 radical (unpaired) electrons. The lowest BCUT2D eigenvalue weighted by Crippen LogP contribution is -2.18. The SMILES string of the molecule is O=C(O)c1nc(C(c2ccc3ccccc3c2)C2CCCC2)nc(O)c1OCc1ccccc1. The first-order chi connectivity index (χ1) is 16.6. The first-order valence-electron chi connectivity index (χ1n) is 11.6. The minimum atomic E-state index is -1.26. The van der Waals surface area contributed by atoms with Crippen molar-refractivity contribution < 1.29 is 19.7 Å². The number of fused-ring (bicyclic) bond motifs is 1. The molecular weight excluding hydrogens is 428 g/mol. The minimum absolute atomic E-state index is 0.105. The van der Waals surface area contributed by atoms with Crippen LogP contribution in [-0.4, -0.2) is 26.2 Å². The molecule has 1 atom stereocenters. The number of benzene rings is 3. The van der Waals surface area contributed by atoms with Crippen LogP contribution in [0.3, 0.4) is 0 Å². The number of carboxylic acids is 1. The zero-order chi connectivity index (χ0) is 23.5. The van der Waals surface area contributed by atoms with Gasteiger partial charge < -0.3 is 14.9 Å². The zero-order valence-corrected chi connectivity index (χ0v) is 18.7. The van der Waals surface area contributed by atoms with Crippen molar-refractivity contribution >= 4 is 16.7 Å². The van der Waals surface area contributed by atoms with Gasteiger partial charge in [0, 0.05) is 5.92 Å². The van der Waals surface area contributed by atoms with Crippen LogP contribution in [0.2, 0.25) is 0 Å². The van der Waals surface area contributed by atoms with Gasteiger partial charge in [-0.3, -0.25) is 0 Å². The molecule has 1 aliphatic rings. The highest BCUT2D eigenvalue weighted by Gasteiger charge is 2.33. The van der Waals surface area contributed by atoms with Crippen LogP contribution < -0.4 is 4.74 Å². The Kier molecular flexibility index (Phi) is 6.12. The fourth-order valence-corrected chi connectivity index (χ4v) is 4.93. The minimum Gasteiger partial charge on any atom is -0.491 e. The molecule has 3 aromatic carbocycles. The standard InChI is InChI=1S/C28H26N2O4/c31-27-25(34-17-18-8-2-1-3-9-18)24(28(32)33)29-26(30-27)23(20-11-5-6-12-20)22-15-14-19-10-4-7-13-21(19)16-22/h1-4,7-10,13-16,20,23H,5-6,11-12,17H2,(H,32,33)(H,29,30,31). The first-order valence-corrected chi connectivity index (χ1v) is 11.6.